The molecule has 9 heteroatoms. The number of nitrogens with one attached hydrogen (secondary N) is 1. The van der Waals surface area contributed by atoms with E-state index in [4.69, 9.17) is 16.3 Å². The van der Waals surface area contributed by atoms with Crippen molar-refractivity contribution in [3.05, 3.63) is 23.2 Å². The van der Waals surface area contributed by atoms with Gasteiger partial charge in [-0.3, -0.25) is 9.59 Å². The SMILES string of the molecule is CC(C)C(=O)OCC(=O)Nc1cc(S(=O)(=O)N2CCCCCC2)ccc1Cl. The van der Waals surface area contributed by atoms with E-state index in [1.165, 1.54) is 22.5 Å². The monoisotopic (exact) mass is 416 g/mol. The van der Waals surface area contributed by atoms with Gasteiger partial charge in [-0.1, -0.05) is 38.3 Å². The largest absolute Gasteiger partial charge is 0.455 e. The number of rotatable bonds is 6. The Morgan fingerprint density at radius 1 is 1.19 bits per heavy atom. The summed E-state index contributed by atoms with van der Waals surface area (Å²) in [6.45, 7) is 3.83. The van der Waals surface area contributed by atoms with E-state index < -0.39 is 28.5 Å². The first kappa shape index (κ1) is 21.7. The molecule has 1 aliphatic rings. The van der Waals surface area contributed by atoms with Crippen LogP contribution in [0.25, 0.3) is 0 Å². The van der Waals surface area contributed by atoms with E-state index in [1.54, 1.807) is 13.8 Å². The predicted octanol–water partition coefficient (Wildman–Crippen LogP) is 3.04. The van der Waals surface area contributed by atoms with Gasteiger partial charge in [0.25, 0.3) is 5.91 Å². The topological polar surface area (TPSA) is 92.8 Å². The highest BCUT2D eigenvalue weighted by Gasteiger charge is 2.26. The molecule has 27 heavy (non-hydrogen) atoms. The van der Waals surface area contributed by atoms with Crippen LogP contribution in [-0.4, -0.2) is 44.3 Å². The number of amides is 1. The molecule has 7 nitrogen and oxygen atoms in total. The highest BCUT2D eigenvalue weighted by atomic mass is 35.5. The summed E-state index contributed by atoms with van der Waals surface area (Å²) in [5.74, 6) is -1.42. The number of esters is 1. The smallest absolute Gasteiger partial charge is 0.308 e. The molecule has 2 rings (SSSR count). The molecule has 1 heterocycles. The van der Waals surface area contributed by atoms with Gasteiger partial charge < -0.3 is 10.1 Å². The summed E-state index contributed by atoms with van der Waals surface area (Å²) < 4.78 is 32.1. The van der Waals surface area contributed by atoms with Crippen LogP contribution in [0.2, 0.25) is 5.02 Å². The minimum Gasteiger partial charge on any atom is -0.455 e. The van der Waals surface area contributed by atoms with Gasteiger partial charge in [0, 0.05) is 13.1 Å². The van der Waals surface area contributed by atoms with Gasteiger partial charge in [0.1, 0.15) is 0 Å². The summed E-state index contributed by atoms with van der Waals surface area (Å²) >= 11 is 6.08. The molecule has 0 spiro atoms. The number of carbonyl (C=O) groups is 2. The zero-order chi connectivity index (χ0) is 20.0. The van der Waals surface area contributed by atoms with Crippen LogP contribution in [0.3, 0.4) is 0 Å². The van der Waals surface area contributed by atoms with Crippen molar-refractivity contribution in [3.8, 4) is 0 Å². The summed E-state index contributed by atoms with van der Waals surface area (Å²) in [5.41, 5.74) is 0.165. The summed E-state index contributed by atoms with van der Waals surface area (Å²) in [6, 6.07) is 4.20. The zero-order valence-corrected chi connectivity index (χ0v) is 17.1. The average Bonchev–Trinajstić information content (AvgIpc) is 2.91. The number of nitrogens with zero attached hydrogens (tertiary/aromatic N) is 1. The Bertz CT molecular complexity index is 787. The number of hydrogen-bond donors (Lipinski definition) is 1. The minimum atomic E-state index is -3.66. The molecule has 1 aromatic carbocycles. The molecule has 0 aromatic heterocycles. The Morgan fingerprint density at radius 2 is 1.81 bits per heavy atom. The Balaban J connectivity index is 2.13. The molecule has 0 aliphatic carbocycles. The van der Waals surface area contributed by atoms with Crippen LogP contribution in [0.1, 0.15) is 39.5 Å². The van der Waals surface area contributed by atoms with Gasteiger partial charge in [-0.15, -0.1) is 0 Å². The number of ether oxygens (including phenoxy) is 1. The first-order chi connectivity index (χ1) is 12.7. The lowest BCUT2D eigenvalue weighted by atomic mass is 10.2. The quantitative estimate of drug-likeness (QED) is 0.719. The lowest BCUT2D eigenvalue weighted by Crippen LogP contribution is -2.32. The Kier molecular flexibility index (Phi) is 7.64. The van der Waals surface area contributed by atoms with Crippen molar-refractivity contribution >= 4 is 39.2 Å². The van der Waals surface area contributed by atoms with Gasteiger partial charge in [-0.25, -0.2) is 8.42 Å². The molecule has 1 aliphatic heterocycles. The lowest BCUT2D eigenvalue weighted by molar-refractivity contribution is -0.150. The van der Waals surface area contributed by atoms with Gasteiger partial charge in [-0.2, -0.15) is 4.31 Å². The average molecular weight is 417 g/mol. The predicted molar refractivity (Wildman–Crippen MR) is 103 cm³/mol. The van der Waals surface area contributed by atoms with E-state index in [2.05, 4.69) is 5.32 Å². The molecule has 1 saturated heterocycles. The molecule has 0 radical (unpaired) electrons. The van der Waals surface area contributed by atoms with E-state index in [0.29, 0.717) is 13.1 Å². The van der Waals surface area contributed by atoms with E-state index in [-0.39, 0.29) is 21.5 Å². The van der Waals surface area contributed by atoms with Crippen molar-refractivity contribution in [2.45, 2.75) is 44.4 Å². The summed E-state index contributed by atoms with van der Waals surface area (Å²) in [5, 5.41) is 2.70. The van der Waals surface area contributed by atoms with Crippen LogP contribution in [0.4, 0.5) is 5.69 Å². The first-order valence-corrected chi connectivity index (χ1v) is 10.8. The maximum Gasteiger partial charge on any atom is 0.308 e. The number of halogens is 1. The number of hydrogen-bond acceptors (Lipinski definition) is 5. The zero-order valence-electron chi connectivity index (χ0n) is 15.5. The molecule has 0 saturated carbocycles. The standard InChI is InChI=1S/C18H25ClN2O5S/c1-13(2)18(23)26-12-17(22)20-16-11-14(7-8-15(16)19)27(24,25)21-9-5-3-4-6-10-21/h7-8,11,13H,3-6,9-10,12H2,1-2H3,(H,20,22). The van der Waals surface area contributed by atoms with Gasteiger partial charge in [0.15, 0.2) is 6.61 Å². The maximum atomic E-state index is 12.9. The summed E-state index contributed by atoms with van der Waals surface area (Å²) in [6.07, 6.45) is 3.70. The van der Waals surface area contributed by atoms with E-state index in [1.807, 2.05) is 0 Å². The van der Waals surface area contributed by atoms with E-state index in [0.717, 1.165) is 25.7 Å². The molecule has 1 aromatic rings. The van der Waals surface area contributed by atoms with Gasteiger partial charge >= 0.3 is 5.97 Å². The highest BCUT2D eigenvalue weighted by Crippen LogP contribution is 2.28. The fourth-order valence-corrected chi connectivity index (χ4v) is 4.39. The third-order valence-electron chi connectivity index (χ3n) is 4.23. The Hall–Kier alpha value is -1.64. The summed E-state index contributed by atoms with van der Waals surface area (Å²) in [4.78, 5) is 23.5. The van der Waals surface area contributed by atoms with Crippen molar-refractivity contribution in [1.29, 1.82) is 0 Å². The number of sulfonamides is 1. The van der Waals surface area contributed by atoms with Crippen LogP contribution in [0.15, 0.2) is 23.1 Å². The second-order valence-corrected chi connectivity index (χ2v) is 9.12. The normalized spacial score (nSPS) is 16.0. The fraction of sp³-hybridized carbons (Fsp3) is 0.556. The number of anilines is 1. The highest BCUT2D eigenvalue weighted by molar-refractivity contribution is 7.89. The molecular weight excluding hydrogens is 392 g/mol. The maximum absolute atomic E-state index is 12.9. The molecule has 0 unspecified atom stereocenters. The Labute approximate surface area is 165 Å². The Morgan fingerprint density at radius 3 is 2.41 bits per heavy atom. The van der Waals surface area contributed by atoms with Crippen LogP contribution >= 0.6 is 11.6 Å². The third-order valence-corrected chi connectivity index (χ3v) is 6.46. The second-order valence-electron chi connectivity index (χ2n) is 6.77. The number of benzene rings is 1. The van der Waals surface area contributed by atoms with Crippen molar-refractivity contribution in [1.82, 2.24) is 4.31 Å². The minimum absolute atomic E-state index is 0.0725. The number of carbonyl (C=O) groups excluding carboxylic acids is 2. The van der Waals surface area contributed by atoms with Crippen molar-refractivity contribution in [2.24, 2.45) is 5.92 Å². The fourth-order valence-electron chi connectivity index (χ4n) is 2.68. The second kappa shape index (κ2) is 9.52. The molecular formula is C18H25ClN2O5S. The lowest BCUT2D eigenvalue weighted by Gasteiger charge is -2.20. The molecule has 1 N–H and O–H groups in total. The van der Waals surface area contributed by atoms with E-state index >= 15 is 0 Å². The first-order valence-electron chi connectivity index (χ1n) is 8.98. The van der Waals surface area contributed by atoms with Crippen LogP contribution in [0, 0.1) is 5.92 Å². The van der Waals surface area contributed by atoms with Gasteiger partial charge in [0.2, 0.25) is 10.0 Å². The van der Waals surface area contributed by atoms with Crippen LogP contribution in [-0.2, 0) is 24.3 Å². The van der Waals surface area contributed by atoms with Gasteiger partial charge in [-0.05, 0) is 31.0 Å². The molecule has 0 bridgehead atoms. The molecule has 150 valence electrons. The molecule has 0 atom stereocenters. The van der Waals surface area contributed by atoms with Crippen molar-refractivity contribution < 1.29 is 22.7 Å². The molecule has 1 amide bonds. The third kappa shape index (κ3) is 5.92. The molecule has 1 fully saturated rings. The van der Waals surface area contributed by atoms with Crippen molar-refractivity contribution in [3.63, 3.8) is 0 Å². The summed E-state index contributed by atoms with van der Waals surface area (Å²) in [7, 11) is -3.66. The van der Waals surface area contributed by atoms with Crippen molar-refractivity contribution in [2.75, 3.05) is 25.0 Å². The van der Waals surface area contributed by atoms with E-state index in [9.17, 15) is 18.0 Å². The van der Waals surface area contributed by atoms with Crippen LogP contribution < -0.4 is 5.32 Å². The van der Waals surface area contributed by atoms with Crippen LogP contribution in [0.5, 0.6) is 0 Å². The van der Waals surface area contributed by atoms with Gasteiger partial charge in [0.05, 0.1) is 21.5 Å².